The molecule has 0 saturated carbocycles. The monoisotopic (exact) mass is 312 g/mol. The molecule has 11 heteroatoms. The van der Waals surface area contributed by atoms with E-state index >= 15 is 0 Å². The van der Waals surface area contributed by atoms with Crippen LogP contribution in [-0.4, -0.2) is 38.9 Å². The highest BCUT2D eigenvalue weighted by Gasteiger charge is 2.23. The fraction of sp³-hybridized carbons (Fsp3) is 0. The second-order valence-electron chi connectivity index (χ2n) is 3.82. The van der Waals surface area contributed by atoms with E-state index in [0.717, 1.165) is 16.8 Å². The van der Waals surface area contributed by atoms with E-state index in [-0.39, 0.29) is 10.6 Å². The third-order valence-corrected chi connectivity index (χ3v) is 3.40. The second-order valence-corrected chi connectivity index (χ2v) is 5.24. The van der Waals surface area contributed by atoms with E-state index in [9.17, 15) is 18.3 Å². The summed E-state index contributed by atoms with van der Waals surface area (Å²) in [7, 11) is -4.37. The summed E-state index contributed by atoms with van der Waals surface area (Å²) in [6.07, 6.45) is 0. The summed E-state index contributed by atoms with van der Waals surface area (Å²) < 4.78 is 31.4. The van der Waals surface area contributed by atoms with Crippen molar-refractivity contribution in [1.29, 1.82) is 5.53 Å². The van der Waals surface area contributed by atoms with Crippen molar-refractivity contribution < 1.29 is 28.0 Å². The lowest BCUT2D eigenvalue weighted by molar-refractivity contribution is 0.0690. The molecule has 0 saturated heterocycles. The number of benzene rings is 1. The highest BCUT2D eigenvalue weighted by Crippen LogP contribution is 2.32. The van der Waals surface area contributed by atoms with Crippen molar-refractivity contribution in [1.82, 2.24) is 9.78 Å². The van der Waals surface area contributed by atoms with Gasteiger partial charge in [0.25, 0.3) is 10.1 Å². The van der Waals surface area contributed by atoms with Gasteiger partial charge in [-0.1, -0.05) is 0 Å². The predicted octanol–water partition coefficient (Wildman–Crippen LogP) is 1.19. The Kier molecular flexibility index (Phi) is 3.45. The summed E-state index contributed by atoms with van der Waals surface area (Å²) in [6.45, 7) is 0. The number of carboxylic acids is 1. The Labute approximate surface area is 117 Å². The van der Waals surface area contributed by atoms with E-state index in [0.29, 0.717) is 0 Å². The third-order valence-electron chi connectivity index (χ3n) is 2.53. The quantitative estimate of drug-likeness (QED) is 0.485. The maximum Gasteiger partial charge on any atom is 0.358 e. The third kappa shape index (κ3) is 2.59. The molecule has 0 atom stereocenters. The highest BCUT2D eigenvalue weighted by molar-refractivity contribution is 7.85. The Morgan fingerprint density at radius 3 is 2.24 bits per heavy atom. The van der Waals surface area contributed by atoms with Crippen molar-refractivity contribution in [2.75, 3.05) is 0 Å². The summed E-state index contributed by atoms with van der Waals surface area (Å²) in [4.78, 5) is 10.5. The Hall–Kier alpha value is -2.79. The summed E-state index contributed by atoms with van der Waals surface area (Å²) >= 11 is 0. The number of aromatic hydroxyl groups is 1. The van der Waals surface area contributed by atoms with Crippen LogP contribution in [0.15, 0.2) is 34.3 Å². The standard InChI is InChI=1S/C10H8N4O6S/c11-12-7-8(10(16)17)13-14(9(7)15)5-1-3-6(4-2-5)21(18,19)20/h1-4,11,15H,(H,16,17)(H,18,19,20). The van der Waals surface area contributed by atoms with Gasteiger partial charge in [-0.2, -0.15) is 23.3 Å². The molecule has 0 amide bonds. The molecule has 0 aliphatic rings. The molecule has 1 heterocycles. The minimum atomic E-state index is -4.37. The number of nitrogens with zero attached hydrogens (tertiary/aromatic N) is 3. The molecule has 0 aliphatic carbocycles. The second kappa shape index (κ2) is 4.96. The Morgan fingerprint density at radius 2 is 1.86 bits per heavy atom. The average molecular weight is 312 g/mol. The van der Waals surface area contributed by atoms with Gasteiger partial charge in [-0.15, -0.1) is 0 Å². The number of hydrogen-bond donors (Lipinski definition) is 4. The Morgan fingerprint density at radius 1 is 1.29 bits per heavy atom. The minimum Gasteiger partial charge on any atom is -0.492 e. The van der Waals surface area contributed by atoms with Gasteiger partial charge in [-0.25, -0.2) is 10.3 Å². The molecule has 10 nitrogen and oxygen atoms in total. The summed E-state index contributed by atoms with van der Waals surface area (Å²) in [6, 6.07) is 4.47. The van der Waals surface area contributed by atoms with Gasteiger partial charge in [-0.05, 0) is 24.3 Å². The van der Waals surface area contributed by atoms with Gasteiger partial charge in [0, 0.05) is 0 Å². The molecule has 0 radical (unpaired) electrons. The van der Waals surface area contributed by atoms with E-state index in [4.69, 9.17) is 15.2 Å². The van der Waals surface area contributed by atoms with Gasteiger partial charge >= 0.3 is 5.97 Å². The first-order chi connectivity index (χ1) is 9.75. The van der Waals surface area contributed by atoms with Crippen molar-refractivity contribution in [3.8, 4) is 11.6 Å². The van der Waals surface area contributed by atoms with Gasteiger partial charge in [0.1, 0.15) is 0 Å². The summed E-state index contributed by atoms with van der Waals surface area (Å²) in [5.41, 5.74) is 5.82. The van der Waals surface area contributed by atoms with Crippen molar-refractivity contribution in [3.05, 3.63) is 30.0 Å². The van der Waals surface area contributed by atoms with Gasteiger partial charge in [0.05, 0.1) is 10.6 Å². The molecular formula is C10H8N4O6S. The zero-order valence-electron chi connectivity index (χ0n) is 10.1. The van der Waals surface area contributed by atoms with E-state index in [1.807, 2.05) is 0 Å². The van der Waals surface area contributed by atoms with Crippen molar-refractivity contribution >= 4 is 21.8 Å². The van der Waals surface area contributed by atoms with Crippen molar-refractivity contribution in [3.63, 3.8) is 0 Å². The molecule has 0 fully saturated rings. The fourth-order valence-corrected chi connectivity index (χ4v) is 2.07. The number of aromatic nitrogens is 2. The maximum atomic E-state index is 10.9. The lowest BCUT2D eigenvalue weighted by atomic mass is 10.3. The molecule has 0 spiro atoms. The molecule has 0 aliphatic heterocycles. The molecule has 1 aromatic carbocycles. The first-order valence-electron chi connectivity index (χ1n) is 5.26. The molecule has 110 valence electrons. The van der Waals surface area contributed by atoms with Crippen LogP contribution in [0, 0.1) is 5.53 Å². The van der Waals surface area contributed by atoms with Crippen LogP contribution in [0.5, 0.6) is 5.88 Å². The average Bonchev–Trinajstić information content (AvgIpc) is 2.75. The zero-order valence-corrected chi connectivity index (χ0v) is 10.9. The van der Waals surface area contributed by atoms with Gasteiger partial charge in [0.2, 0.25) is 11.6 Å². The number of aromatic carboxylic acids is 1. The molecule has 4 N–H and O–H groups in total. The first kappa shape index (κ1) is 14.6. The molecule has 0 unspecified atom stereocenters. The largest absolute Gasteiger partial charge is 0.492 e. The molecule has 21 heavy (non-hydrogen) atoms. The molecule has 2 rings (SSSR count). The van der Waals surface area contributed by atoms with Gasteiger partial charge in [-0.3, -0.25) is 4.55 Å². The highest BCUT2D eigenvalue weighted by atomic mass is 32.2. The minimum absolute atomic E-state index is 0.123. The van der Waals surface area contributed by atoms with Crippen molar-refractivity contribution in [2.45, 2.75) is 4.90 Å². The van der Waals surface area contributed by atoms with Crippen LogP contribution in [0.1, 0.15) is 10.5 Å². The van der Waals surface area contributed by atoms with Crippen LogP contribution in [0.3, 0.4) is 0 Å². The van der Waals surface area contributed by atoms with E-state index in [1.165, 1.54) is 12.1 Å². The van der Waals surface area contributed by atoms with E-state index in [1.54, 1.807) is 0 Å². The zero-order chi connectivity index (χ0) is 15.8. The van der Waals surface area contributed by atoms with Gasteiger partial charge < -0.3 is 10.2 Å². The van der Waals surface area contributed by atoms with Crippen LogP contribution >= 0.6 is 0 Å². The number of hydrogen-bond acceptors (Lipinski definition) is 7. The number of nitrogens with one attached hydrogen (secondary N) is 1. The lowest BCUT2D eigenvalue weighted by Gasteiger charge is -2.03. The van der Waals surface area contributed by atoms with Crippen LogP contribution in [-0.2, 0) is 10.1 Å². The smallest absolute Gasteiger partial charge is 0.358 e. The van der Waals surface area contributed by atoms with Crippen LogP contribution < -0.4 is 0 Å². The summed E-state index contributed by atoms with van der Waals surface area (Å²) in [5.74, 6) is -2.16. The number of carboxylic acid groups (broad SMARTS) is 1. The maximum absolute atomic E-state index is 10.9. The molecular weight excluding hydrogens is 304 g/mol. The Bertz CT molecular complexity index is 824. The molecule has 0 bridgehead atoms. The van der Waals surface area contributed by atoms with Gasteiger partial charge in [0.15, 0.2) is 5.69 Å². The molecule has 1 aromatic heterocycles. The number of carbonyl (C=O) groups is 1. The van der Waals surface area contributed by atoms with Crippen molar-refractivity contribution in [2.24, 2.45) is 5.11 Å². The number of rotatable bonds is 4. The topological polar surface area (TPSA) is 166 Å². The molecule has 2 aromatic rings. The Balaban J connectivity index is 2.57. The normalized spacial score (nSPS) is 11.3. The lowest BCUT2D eigenvalue weighted by Crippen LogP contribution is -2.02. The summed E-state index contributed by atoms with van der Waals surface area (Å²) in [5, 5.41) is 25.2. The SMILES string of the molecule is N=Nc1c(C(=O)O)nn(-c2ccc(S(=O)(=O)O)cc2)c1O. The van der Waals surface area contributed by atoms with Crippen LogP contribution in [0.4, 0.5) is 5.69 Å². The van der Waals surface area contributed by atoms with E-state index in [2.05, 4.69) is 10.2 Å². The predicted molar refractivity (Wildman–Crippen MR) is 66.8 cm³/mol. The fourth-order valence-electron chi connectivity index (χ4n) is 1.59. The van der Waals surface area contributed by atoms with Crippen LogP contribution in [0.2, 0.25) is 0 Å². The van der Waals surface area contributed by atoms with Crippen LogP contribution in [0.25, 0.3) is 5.69 Å². The van der Waals surface area contributed by atoms with E-state index < -0.39 is 33.3 Å². The first-order valence-corrected chi connectivity index (χ1v) is 6.70.